The number of carbonyl (C=O) groups excluding carboxylic acids is 1. The molecule has 2 heterocycles. The van der Waals surface area contributed by atoms with Gasteiger partial charge in [0, 0.05) is 25.2 Å². The van der Waals surface area contributed by atoms with E-state index in [4.69, 9.17) is 4.74 Å². The first-order valence-corrected chi connectivity index (χ1v) is 9.08. The highest BCUT2D eigenvalue weighted by molar-refractivity contribution is 5.91. The van der Waals surface area contributed by atoms with Crippen LogP contribution in [0.4, 0.5) is 5.82 Å². The molecule has 2 N–H and O–H groups in total. The average Bonchev–Trinajstić information content (AvgIpc) is 3.10. The Morgan fingerprint density at radius 2 is 1.85 bits per heavy atom. The number of amides is 1. The fourth-order valence-electron chi connectivity index (χ4n) is 3.29. The van der Waals surface area contributed by atoms with E-state index in [1.165, 1.54) is 5.56 Å². The molecule has 138 valence electrons. The number of para-hydroxylation sites is 1. The number of nitrogens with one attached hydrogen (secondary N) is 2. The molecule has 0 fully saturated rings. The lowest BCUT2D eigenvalue weighted by Gasteiger charge is -2.26. The summed E-state index contributed by atoms with van der Waals surface area (Å²) in [4.78, 5) is 14.5. The zero-order valence-electron chi connectivity index (χ0n) is 15.0. The molecule has 6 heteroatoms. The Morgan fingerprint density at radius 3 is 2.63 bits per heavy atom. The van der Waals surface area contributed by atoms with Crippen molar-refractivity contribution in [3.05, 3.63) is 77.5 Å². The van der Waals surface area contributed by atoms with Crippen molar-refractivity contribution in [1.82, 2.24) is 15.1 Å². The van der Waals surface area contributed by atoms with E-state index in [0.717, 1.165) is 37.3 Å². The smallest absolute Gasteiger partial charge is 0.263 e. The van der Waals surface area contributed by atoms with Crippen LogP contribution in [0.5, 0.6) is 5.75 Å². The molecular weight excluding hydrogens is 340 g/mol. The Balaban J connectivity index is 1.33. The molecule has 0 bridgehead atoms. The first kappa shape index (κ1) is 17.3. The minimum absolute atomic E-state index is 0.0359. The van der Waals surface area contributed by atoms with E-state index in [1.54, 1.807) is 0 Å². The number of aromatic amines is 1. The van der Waals surface area contributed by atoms with E-state index < -0.39 is 0 Å². The van der Waals surface area contributed by atoms with Crippen LogP contribution in [-0.2, 0) is 24.3 Å². The predicted molar refractivity (Wildman–Crippen MR) is 103 cm³/mol. The maximum atomic E-state index is 12.2. The normalized spacial score (nSPS) is 13.8. The summed E-state index contributed by atoms with van der Waals surface area (Å²) in [5.41, 5.74) is 3.45. The molecule has 4 rings (SSSR count). The summed E-state index contributed by atoms with van der Waals surface area (Å²) in [5, 5.41) is 10.2. The lowest BCUT2D eigenvalue weighted by atomic mass is 10.1. The molecule has 0 radical (unpaired) electrons. The number of aromatic nitrogens is 2. The van der Waals surface area contributed by atoms with Gasteiger partial charge in [-0.1, -0.05) is 48.5 Å². The molecule has 1 aliphatic heterocycles. The molecule has 0 saturated carbocycles. The van der Waals surface area contributed by atoms with Crippen LogP contribution in [-0.4, -0.2) is 34.2 Å². The molecule has 0 unspecified atom stereocenters. The van der Waals surface area contributed by atoms with Crippen LogP contribution in [0.2, 0.25) is 0 Å². The Morgan fingerprint density at radius 1 is 1.11 bits per heavy atom. The van der Waals surface area contributed by atoms with Crippen molar-refractivity contribution in [3.8, 4) is 5.75 Å². The number of carbonyl (C=O) groups is 1. The van der Waals surface area contributed by atoms with Gasteiger partial charge in [0.05, 0.1) is 5.69 Å². The summed E-state index contributed by atoms with van der Waals surface area (Å²) in [6, 6.07) is 19.7. The van der Waals surface area contributed by atoms with Crippen molar-refractivity contribution < 1.29 is 9.53 Å². The first-order valence-electron chi connectivity index (χ1n) is 9.08. The minimum atomic E-state index is -0.208. The summed E-state index contributed by atoms with van der Waals surface area (Å²) >= 11 is 0. The maximum Gasteiger partial charge on any atom is 0.263 e. The second kappa shape index (κ2) is 8.05. The van der Waals surface area contributed by atoms with Crippen molar-refractivity contribution in [3.63, 3.8) is 0 Å². The van der Waals surface area contributed by atoms with Crippen LogP contribution in [0.1, 0.15) is 16.8 Å². The van der Waals surface area contributed by atoms with Crippen molar-refractivity contribution >= 4 is 11.7 Å². The summed E-state index contributed by atoms with van der Waals surface area (Å²) in [6.07, 6.45) is 0.855. The highest BCUT2D eigenvalue weighted by atomic mass is 16.5. The number of nitrogens with zero attached hydrogens (tertiary/aromatic N) is 2. The summed E-state index contributed by atoms with van der Waals surface area (Å²) < 4.78 is 5.49. The average molecular weight is 362 g/mol. The van der Waals surface area contributed by atoms with Gasteiger partial charge < -0.3 is 10.1 Å². The van der Waals surface area contributed by atoms with Crippen LogP contribution in [0, 0.1) is 0 Å². The third-order valence-electron chi connectivity index (χ3n) is 4.63. The largest absolute Gasteiger partial charge is 0.484 e. The van der Waals surface area contributed by atoms with Crippen LogP contribution in [0.25, 0.3) is 0 Å². The number of H-pyrrole nitrogens is 1. The highest BCUT2D eigenvalue weighted by Gasteiger charge is 2.22. The Labute approximate surface area is 158 Å². The number of hydrogen-bond acceptors (Lipinski definition) is 4. The topological polar surface area (TPSA) is 70.2 Å². The van der Waals surface area contributed by atoms with Crippen LogP contribution in [0.15, 0.2) is 60.7 Å². The summed E-state index contributed by atoms with van der Waals surface area (Å²) in [6.45, 7) is 2.61. The van der Waals surface area contributed by atoms with Crippen molar-refractivity contribution in [2.24, 2.45) is 0 Å². The minimum Gasteiger partial charge on any atom is -0.484 e. The standard InChI is InChI=1S/C21H22N4O2/c26-20(15-27-17-9-5-2-6-10-17)22-21-18-11-12-25(14-19(18)23-24-21)13-16-7-3-1-4-8-16/h1-10H,11-15H2,(H2,22,23,24,26). The van der Waals surface area contributed by atoms with Gasteiger partial charge in [-0.3, -0.25) is 14.8 Å². The molecular formula is C21H22N4O2. The number of anilines is 1. The molecule has 0 atom stereocenters. The third kappa shape index (κ3) is 4.35. The van der Waals surface area contributed by atoms with Gasteiger partial charge in [0.2, 0.25) is 0 Å². The summed E-state index contributed by atoms with van der Waals surface area (Å²) in [7, 11) is 0. The van der Waals surface area contributed by atoms with Crippen molar-refractivity contribution in [1.29, 1.82) is 0 Å². The molecule has 0 spiro atoms. The van der Waals surface area contributed by atoms with Gasteiger partial charge in [-0.25, -0.2) is 0 Å². The molecule has 0 saturated heterocycles. The van der Waals surface area contributed by atoms with E-state index in [9.17, 15) is 4.79 Å². The van der Waals surface area contributed by atoms with Gasteiger partial charge in [-0.05, 0) is 24.1 Å². The van der Waals surface area contributed by atoms with E-state index >= 15 is 0 Å². The van der Waals surface area contributed by atoms with Gasteiger partial charge in [-0.15, -0.1) is 0 Å². The number of rotatable bonds is 6. The van der Waals surface area contributed by atoms with E-state index in [1.807, 2.05) is 36.4 Å². The van der Waals surface area contributed by atoms with Gasteiger partial charge in [0.1, 0.15) is 5.75 Å². The monoisotopic (exact) mass is 362 g/mol. The Bertz CT molecular complexity index is 893. The quantitative estimate of drug-likeness (QED) is 0.707. The van der Waals surface area contributed by atoms with Gasteiger partial charge >= 0.3 is 0 Å². The SMILES string of the molecule is O=C(COc1ccccc1)Nc1n[nH]c2c1CCN(Cc1ccccc1)C2. The van der Waals surface area contributed by atoms with Crippen LogP contribution < -0.4 is 10.1 Å². The van der Waals surface area contributed by atoms with E-state index in [0.29, 0.717) is 11.6 Å². The number of hydrogen-bond donors (Lipinski definition) is 2. The number of benzene rings is 2. The number of fused-ring (bicyclic) bond motifs is 1. The van der Waals surface area contributed by atoms with Crippen LogP contribution >= 0.6 is 0 Å². The first-order chi connectivity index (χ1) is 13.3. The molecule has 1 aromatic heterocycles. The molecule has 3 aromatic rings. The van der Waals surface area contributed by atoms with Crippen molar-refractivity contribution in [2.75, 3.05) is 18.5 Å². The lowest BCUT2D eigenvalue weighted by Crippen LogP contribution is -2.30. The third-order valence-corrected chi connectivity index (χ3v) is 4.63. The number of ether oxygens (including phenoxy) is 1. The van der Waals surface area contributed by atoms with Crippen molar-refractivity contribution in [2.45, 2.75) is 19.5 Å². The van der Waals surface area contributed by atoms with E-state index in [-0.39, 0.29) is 12.5 Å². The van der Waals surface area contributed by atoms with Gasteiger partial charge in [-0.2, -0.15) is 5.10 Å². The van der Waals surface area contributed by atoms with Crippen LogP contribution in [0.3, 0.4) is 0 Å². The zero-order valence-corrected chi connectivity index (χ0v) is 15.0. The predicted octanol–water partition coefficient (Wildman–Crippen LogP) is 2.99. The molecule has 27 heavy (non-hydrogen) atoms. The fourth-order valence-corrected chi connectivity index (χ4v) is 3.29. The lowest BCUT2D eigenvalue weighted by molar-refractivity contribution is -0.118. The molecule has 2 aromatic carbocycles. The van der Waals surface area contributed by atoms with Gasteiger partial charge in [0.15, 0.2) is 12.4 Å². The Hall–Kier alpha value is -3.12. The second-order valence-electron chi connectivity index (χ2n) is 6.63. The molecule has 6 nitrogen and oxygen atoms in total. The fraction of sp³-hybridized carbons (Fsp3) is 0.238. The molecule has 0 aliphatic carbocycles. The summed E-state index contributed by atoms with van der Waals surface area (Å²) in [5.74, 6) is 1.08. The maximum absolute atomic E-state index is 12.2. The van der Waals surface area contributed by atoms with E-state index in [2.05, 4.69) is 44.7 Å². The van der Waals surface area contributed by atoms with Gasteiger partial charge in [0.25, 0.3) is 5.91 Å². The highest BCUT2D eigenvalue weighted by Crippen LogP contribution is 2.24. The Kier molecular flexibility index (Phi) is 5.16. The molecule has 1 aliphatic rings. The second-order valence-corrected chi connectivity index (χ2v) is 6.63. The zero-order chi connectivity index (χ0) is 18.5. The molecule has 1 amide bonds.